The van der Waals surface area contributed by atoms with Crippen molar-refractivity contribution in [2.45, 2.75) is 24.7 Å². The van der Waals surface area contributed by atoms with Gasteiger partial charge >= 0.3 is 0 Å². The van der Waals surface area contributed by atoms with Gasteiger partial charge in [0.25, 0.3) is 0 Å². The Labute approximate surface area is 163 Å². The number of nitrogens with zero attached hydrogens (tertiary/aromatic N) is 4. The van der Waals surface area contributed by atoms with Gasteiger partial charge in [0.1, 0.15) is 4.83 Å². The number of thiophene rings is 1. The molecule has 5 nitrogen and oxygen atoms in total. The predicted molar refractivity (Wildman–Crippen MR) is 105 cm³/mol. The molecule has 28 heavy (non-hydrogen) atoms. The fourth-order valence-corrected chi connectivity index (χ4v) is 5.13. The minimum absolute atomic E-state index is 0.123. The molecule has 1 aliphatic carbocycles. The molecule has 1 saturated carbocycles. The van der Waals surface area contributed by atoms with Gasteiger partial charge in [0.15, 0.2) is 5.65 Å². The standard InChI is InChI=1S/C20H18F2N4OS/c1-26-9-13-4-12(8-23-18(13)25-26)16-3-2-11-5-17(28-19(11)24-16)15(10-27)14-6-20(21,22)7-14/h2-5,8-9,14-15,27H,6-7,10H2,1H3/t15-/m1/s1. The first-order valence-corrected chi connectivity index (χ1v) is 9.92. The largest absolute Gasteiger partial charge is 0.396 e. The van der Waals surface area contributed by atoms with Crippen molar-refractivity contribution >= 4 is 32.6 Å². The van der Waals surface area contributed by atoms with Crippen molar-refractivity contribution in [3.8, 4) is 11.3 Å². The summed E-state index contributed by atoms with van der Waals surface area (Å²) in [7, 11) is 1.86. The summed E-state index contributed by atoms with van der Waals surface area (Å²) < 4.78 is 28.2. The van der Waals surface area contributed by atoms with E-state index in [4.69, 9.17) is 4.98 Å². The van der Waals surface area contributed by atoms with Crippen LogP contribution in [0.1, 0.15) is 23.6 Å². The molecule has 4 heterocycles. The summed E-state index contributed by atoms with van der Waals surface area (Å²) in [5.74, 6) is -3.02. The summed E-state index contributed by atoms with van der Waals surface area (Å²) in [6, 6.07) is 7.89. The maximum atomic E-state index is 13.3. The van der Waals surface area contributed by atoms with Gasteiger partial charge in [0, 0.05) is 59.4 Å². The van der Waals surface area contributed by atoms with Gasteiger partial charge in [-0.1, -0.05) is 0 Å². The minimum Gasteiger partial charge on any atom is -0.396 e. The highest BCUT2D eigenvalue weighted by molar-refractivity contribution is 7.18. The van der Waals surface area contributed by atoms with E-state index in [1.165, 1.54) is 11.3 Å². The molecular formula is C20H18F2N4OS. The highest BCUT2D eigenvalue weighted by atomic mass is 32.1. The van der Waals surface area contributed by atoms with Gasteiger partial charge in [-0.3, -0.25) is 4.68 Å². The number of aliphatic hydroxyl groups excluding tert-OH is 1. The zero-order valence-corrected chi connectivity index (χ0v) is 16.0. The molecule has 1 aliphatic rings. The second kappa shape index (κ2) is 6.28. The normalized spacial score (nSPS) is 17.9. The Kier molecular flexibility index (Phi) is 3.96. The van der Waals surface area contributed by atoms with E-state index < -0.39 is 5.92 Å². The van der Waals surface area contributed by atoms with Crippen molar-refractivity contribution < 1.29 is 13.9 Å². The second-order valence-electron chi connectivity index (χ2n) is 7.49. The third-order valence-corrected chi connectivity index (χ3v) is 6.60. The molecule has 0 spiro atoms. The lowest BCUT2D eigenvalue weighted by molar-refractivity contribution is -0.120. The van der Waals surface area contributed by atoms with E-state index in [2.05, 4.69) is 10.1 Å². The van der Waals surface area contributed by atoms with E-state index in [9.17, 15) is 13.9 Å². The van der Waals surface area contributed by atoms with Crippen molar-refractivity contribution in [2.75, 3.05) is 6.61 Å². The lowest BCUT2D eigenvalue weighted by Crippen LogP contribution is -2.39. The summed E-state index contributed by atoms with van der Waals surface area (Å²) >= 11 is 1.47. The molecule has 4 aromatic heterocycles. The first-order chi connectivity index (χ1) is 13.4. The third kappa shape index (κ3) is 2.97. The van der Waals surface area contributed by atoms with Gasteiger partial charge in [-0.15, -0.1) is 11.3 Å². The van der Waals surface area contributed by atoms with Crippen LogP contribution >= 0.6 is 11.3 Å². The summed E-state index contributed by atoms with van der Waals surface area (Å²) in [6.07, 6.45) is 3.36. The lowest BCUT2D eigenvalue weighted by atomic mass is 9.73. The summed E-state index contributed by atoms with van der Waals surface area (Å²) in [6.45, 7) is -0.123. The van der Waals surface area contributed by atoms with Crippen LogP contribution in [-0.2, 0) is 7.05 Å². The molecule has 0 unspecified atom stereocenters. The Bertz CT molecular complexity index is 1180. The first kappa shape index (κ1) is 17.6. The Balaban J connectivity index is 1.49. The number of aliphatic hydroxyl groups is 1. The molecule has 144 valence electrons. The summed E-state index contributed by atoms with van der Waals surface area (Å²) in [5.41, 5.74) is 2.39. The molecule has 0 bridgehead atoms. The SMILES string of the molecule is Cn1cc2cc(-c3ccc4cc([C@H](CO)C5CC(F)(F)C5)sc4n3)cnc2n1. The number of aryl methyl sites for hydroxylation is 1. The van der Waals surface area contributed by atoms with Crippen LogP contribution < -0.4 is 0 Å². The molecule has 0 saturated heterocycles. The van der Waals surface area contributed by atoms with E-state index in [1.54, 1.807) is 10.9 Å². The molecule has 0 aliphatic heterocycles. The van der Waals surface area contributed by atoms with Crippen LogP contribution in [0, 0.1) is 5.92 Å². The number of rotatable bonds is 4. The number of aromatic nitrogens is 4. The van der Waals surface area contributed by atoms with Crippen LogP contribution in [0.5, 0.6) is 0 Å². The lowest BCUT2D eigenvalue weighted by Gasteiger charge is -2.39. The van der Waals surface area contributed by atoms with Crippen LogP contribution in [-0.4, -0.2) is 37.4 Å². The molecular weight excluding hydrogens is 382 g/mol. The molecule has 0 aromatic carbocycles. The van der Waals surface area contributed by atoms with E-state index >= 15 is 0 Å². The molecule has 1 N–H and O–H groups in total. The third-order valence-electron chi connectivity index (χ3n) is 5.42. The molecule has 0 radical (unpaired) electrons. The van der Waals surface area contributed by atoms with E-state index in [0.29, 0.717) is 5.65 Å². The number of hydrogen-bond donors (Lipinski definition) is 1. The fourth-order valence-electron chi connectivity index (χ4n) is 3.92. The highest BCUT2D eigenvalue weighted by Crippen LogP contribution is 2.50. The number of fused-ring (bicyclic) bond motifs is 2. The van der Waals surface area contributed by atoms with Crippen LogP contribution in [0.3, 0.4) is 0 Å². The fraction of sp³-hybridized carbons (Fsp3) is 0.350. The van der Waals surface area contributed by atoms with Crippen molar-refractivity contribution in [1.82, 2.24) is 19.7 Å². The van der Waals surface area contributed by atoms with E-state index in [0.717, 1.165) is 31.7 Å². The zero-order valence-electron chi connectivity index (χ0n) is 15.1. The van der Waals surface area contributed by atoms with Gasteiger partial charge in [-0.2, -0.15) is 5.10 Å². The van der Waals surface area contributed by atoms with Crippen molar-refractivity contribution in [3.05, 3.63) is 41.5 Å². The maximum Gasteiger partial charge on any atom is 0.248 e. The molecule has 1 fully saturated rings. The van der Waals surface area contributed by atoms with Gasteiger partial charge in [0.05, 0.1) is 12.3 Å². The van der Waals surface area contributed by atoms with Crippen LogP contribution in [0.2, 0.25) is 0 Å². The monoisotopic (exact) mass is 400 g/mol. The summed E-state index contributed by atoms with van der Waals surface area (Å²) in [4.78, 5) is 10.9. The van der Waals surface area contributed by atoms with Gasteiger partial charge in [0.2, 0.25) is 5.92 Å². The quantitative estimate of drug-likeness (QED) is 0.553. The van der Waals surface area contributed by atoms with Crippen molar-refractivity contribution in [1.29, 1.82) is 0 Å². The Morgan fingerprint density at radius 3 is 2.86 bits per heavy atom. The smallest absolute Gasteiger partial charge is 0.248 e. The van der Waals surface area contributed by atoms with Crippen LogP contribution in [0.25, 0.3) is 32.5 Å². The average Bonchev–Trinajstić information content (AvgIpc) is 3.21. The van der Waals surface area contributed by atoms with Crippen molar-refractivity contribution in [3.63, 3.8) is 0 Å². The predicted octanol–water partition coefficient (Wildman–Crippen LogP) is 4.37. The second-order valence-corrected chi connectivity index (χ2v) is 8.55. The number of hydrogen-bond acceptors (Lipinski definition) is 5. The van der Waals surface area contributed by atoms with Crippen molar-refractivity contribution in [2.24, 2.45) is 13.0 Å². The molecule has 0 amide bonds. The van der Waals surface area contributed by atoms with Gasteiger partial charge in [-0.25, -0.2) is 18.7 Å². The summed E-state index contributed by atoms with van der Waals surface area (Å²) in [5, 5.41) is 16.0. The Hall–Kier alpha value is -2.45. The molecule has 1 atom stereocenters. The van der Waals surface area contributed by atoms with Gasteiger partial charge < -0.3 is 5.11 Å². The number of halogens is 2. The number of pyridine rings is 2. The number of alkyl halides is 2. The zero-order chi connectivity index (χ0) is 19.5. The van der Waals surface area contributed by atoms with Crippen LogP contribution in [0.15, 0.2) is 36.7 Å². The highest BCUT2D eigenvalue weighted by Gasteiger charge is 2.48. The first-order valence-electron chi connectivity index (χ1n) is 9.11. The van der Waals surface area contributed by atoms with Crippen LogP contribution in [0.4, 0.5) is 8.78 Å². The van der Waals surface area contributed by atoms with Gasteiger partial charge in [-0.05, 0) is 30.2 Å². The Morgan fingerprint density at radius 1 is 1.29 bits per heavy atom. The maximum absolute atomic E-state index is 13.3. The van der Waals surface area contributed by atoms with E-state index in [-0.39, 0.29) is 31.3 Å². The molecule has 8 heteroatoms. The molecule has 4 aromatic rings. The Morgan fingerprint density at radius 2 is 2.11 bits per heavy atom. The average molecular weight is 400 g/mol. The topological polar surface area (TPSA) is 63.8 Å². The molecule has 5 rings (SSSR count). The van der Waals surface area contributed by atoms with E-state index in [1.807, 2.05) is 37.5 Å². The minimum atomic E-state index is -2.59.